The van der Waals surface area contributed by atoms with Crippen molar-refractivity contribution in [2.75, 3.05) is 7.05 Å². The number of carbonyl (C=O) groups excluding carboxylic acids is 1. The van der Waals surface area contributed by atoms with Crippen molar-refractivity contribution >= 4 is 33.2 Å². The zero-order valence-corrected chi connectivity index (χ0v) is 12.7. The van der Waals surface area contributed by atoms with Gasteiger partial charge in [0.15, 0.2) is 0 Å². The van der Waals surface area contributed by atoms with Crippen LogP contribution in [0.3, 0.4) is 0 Å². The van der Waals surface area contributed by atoms with Crippen LogP contribution in [-0.4, -0.2) is 28.1 Å². The van der Waals surface area contributed by atoms with Crippen LogP contribution in [0, 0.1) is 0 Å². The summed E-state index contributed by atoms with van der Waals surface area (Å²) < 4.78 is 0.917. The summed E-state index contributed by atoms with van der Waals surface area (Å²) in [6.07, 6.45) is 0. The summed E-state index contributed by atoms with van der Waals surface area (Å²) in [5, 5.41) is 8.61. The van der Waals surface area contributed by atoms with E-state index in [4.69, 9.17) is 5.73 Å². The minimum Gasteiger partial charge on any atom is -0.368 e. The number of nitrogens with zero attached hydrogens (tertiary/aromatic N) is 3. The smallest absolute Gasteiger partial charge is 0.239 e. The van der Waals surface area contributed by atoms with Gasteiger partial charge in [0.2, 0.25) is 5.91 Å². The number of amides is 1. The minimum absolute atomic E-state index is 0.384. The highest BCUT2D eigenvalue weighted by Gasteiger charge is 2.23. The Hall–Kier alpha value is -1.31. The van der Waals surface area contributed by atoms with Crippen LogP contribution in [-0.2, 0) is 11.3 Å². The Morgan fingerprint density at radius 3 is 2.95 bits per heavy atom. The second-order valence-electron chi connectivity index (χ2n) is 4.11. The molecule has 1 heterocycles. The molecule has 5 nitrogen and oxygen atoms in total. The molecule has 0 aliphatic rings. The lowest BCUT2D eigenvalue weighted by Gasteiger charge is -2.24. The van der Waals surface area contributed by atoms with Crippen LogP contribution >= 0.6 is 27.3 Å². The average Bonchev–Trinajstić information content (AvgIpc) is 2.81. The molecule has 2 rings (SSSR count). The largest absolute Gasteiger partial charge is 0.368 e. The van der Waals surface area contributed by atoms with Crippen molar-refractivity contribution in [3.63, 3.8) is 0 Å². The highest BCUT2D eigenvalue weighted by Crippen LogP contribution is 2.24. The van der Waals surface area contributed by atoms with E-state index in [1.807, 2.05) is 36.2 Å². The second-order valence-corrected chi connectivity index (χ2v) is 5.94. The molecule has 2 aromatic rings. The SMILES string of the molecule is CN(Cc1nncs1)C(C(N)=O)c1cccc(Br)c1. The number of carbonyl (C=O) groups is 1. The van der Waals surface area contributed by atoms with Gasteiger partial charge in [-0.05, 0) is 24.7 Å². The van der Waals surface area contributed by atoms with Gasteiger partial charge in [0.1, 0.15) is 16.6 Å². The molecule has 19 heavy (non-hydrogen) atoms. The molecule has 0 saturated carbocycles. The Labute approximate surface area is 123 Å². The van der Waals surface area contributed by atoms with E-state index in [-0.39, 0.29) is 5.91 Å². The predicted molar refractivity (Wildman–Crippen MR) is 77.5 cm³/mol. The van der Waals surface area contributed by atoms with Crippen molar-refractivity contribution < 1.29 is 4.79 Å². The zero-order valence-electron chi connectivity index (χ0n) is 10.3. The highest BCUT2D eigenvalue weighted by molar-refractivity contribution is 9.10. The Balaban J connectivity index is 2.22. The maximum atomic E-state index is 11.7. The topological polar surface area (TPSA) is 72.1 Å². The van der Waals surface area contributed by atoms with Crippen molar-refractivity contribution in [2.24, 2.45) is 5.73 Å². The number of hydrogen-bond donors (Lipinski definition) is 1. The van der Waals surface area contributed by atoms with Crippen LogP contribution < -0.4 is 5.73 Å². The summed E-state index contributed by atoms with van der Waals surface area (Å²) in [5.74, 6) is -0.384. The van der Waals surface area contributed by atoms with Crippen LogP contribution in [0.15, 0.2) is 34.2 Å². The molecule has 1 aromatic heterocycles. The van der Waals surface area contributed by atoms with Gasteiger partial charge in [0.05, 0.1) is 6.54 Å². The van der Waals surface area contributed by atoms with Crippen LogP contribution in [0.25, 0.3) is 0 Å². The quantitative estimate of drug-likeness (QED) is 0.902. The lowest BCUT2D eigenvalue weighted by molar-refractivity contribution is -0.123. The van der Waals surface area contributed by atoms with Crippen LogP contribution in [0.5, 0.6) is 0 Å². The Morgan fingerprint density at radius 1 is 1.58 bits per heavy atom. The van der Waals surface area contributed by atoms with Gasteiger partial charge < -0.3 is 5.73 Å². The van der Waals surface area contributed by atoms with Gasteiger partial charge in [-0.25, -0.2) is 0 Å². The zero-order chi connectivity index (χ0) is 13.8. The Bertz CT molecular complexity index is 561. The number of primary amides is 1. The number of nitrogens with two attached hydrogens (primary N) is 1. The summed E-state index contributed by atoms with van der Waals surface area (Å²) in [5.41, 5.74) is 8.04. The van der Waals surface area contributed by atoms with E-state index < -0.39 is 6.04 Å². The molecule has 0 saturated heterocycles. The third-order valence-corrected chi connectivity index (χ3v) is 3.84. The van der Waals surface area contributed by atoms with E-state index >= 15 is 0 Å². The molecule has 1 amide bonds. The van der Waals surface area contributed by atoms with Gasteiger partial charge in [0.25, 0.3) is 0 Å². The van der Waals surface area contributed by atoms with Crippen molar-refractivity contribution in [3.8, 4) is 0 Å². The number of benzene rings is 1. The van der Waals surface area contributed by atoms with Crippen molar-refractivity contribution in [2.45, 2.75) is 12.6 Å². The molecular formula is C12H13BrN4OS. The number of likely N-dealkylation sites (N-methyl/N-ethyl adjacent to an activating group) is 1. The first kappa shape index (κ1) is 14.1. The van der Waals surface area contributed by atoms with Crippen molar-refractivity contribution in [1.29, 1.82) is 0 Å². The van der Waals surface area contributed by atoms with Crippen LogP contribution in [0.4, 0.5) is 0 Å². The number of aromatic nitrogens is 2. The highest BCUT2D eigenvalue weighted by atomic mass is 79.9. The normalized spacial score (nSPS) is 12.6. The Kier molecular flexibility index (Phi) is 4.62. The van der Waals surface area contributed by atoms with E-state index in [9.17, 15) is 4.79 Å². The number of halogens is 1. The van der Waals surface area contributed by atoms with E-state index in [1.165, 1.54) is 11.3 Å². The molecule has 100 valence electrons. The van der Waals surface area contributed by atoms with E-state index in [2.05, 4.69) is 26.1 Å². The monoisotopic (exact) mass is 340 g/mol. The fourth-order valence-electron chi connectivity index (χ4n) is 1.88. The van der Waals surface area contributed by atoms with Crippen molar-refractivity contribution in [3.05, 3.63) is 44.8 Å². The Morgan fingerprint density at radius 2 is 2.37 bits per heavy atom. The summed E-state index contributed by atoms with van der Waals surface area (Å²) >= 11 is 4.85. The maximum Gasteiger partial charge on any atom is 0.239 e. The molecule has 1 atom stereocenters. The third kappa shape index (κ3) is 3.59. The summed E-state index contributed by atoms with van der Waals surface area (Å²) in [4.78, 5) is 13.6. The number of hydrogen-bond acceptors (Lipinski definition) is 5. The standard InChI is InChI=1S/C12H13BrN4OS/c1-17(6-10-16-15-7-19-10)11(12(14)18)8-3-2-4-9(13)5-8/h2-5,7,11H,6H2,1H3,(H2,14,18). The minimum atomic E-state index is -0.485. The molecule has 1 unspecified atom stereocenters. The maximum absolute atomic E-state index is 11.7. The summed E-state index contributed by atoms with van der Waals surface area (Å²) in [6.45, 7) is 0.533. The first-order valence-corrected chi connectivity index (χ1v) is 7.25. The molecule has 7 heteroatoms. The van der Waals surface area contributed by atoms with E-state index in [0.717, 1.165) is 15.0 Å². The molecule has 0 aliphatic heterocycles. The van der Waals surface area contributed by atoms with Gasteiger partial charge in [-0.1, -0.05) is 28.1 Å². The molecule has 0 spiro atoms. The first-order chi connectivity index (χ1) is 9.08. The summed E-state index contributed by atoms with van der Waals surface area (Å²) in [6, 6.07) is 7.09. The lowest BCUT2D eigenvalue weighted by Crippen LogP contribution is -2.35. The van der Waals surface area contributed by atoms with Crippen LogP contribution in [0.2, 0.25) is 0 Å². The molecule has 0 aliphatic carbocycles. The molecule has 0 fully saturated rings. The number of rotatable bonds is 5. The average molecular weight is 341 g/mol. The fourth-order valence-corrected chi connectivity index (χ4v) is 2.89. The van der Waals surface area contributed by atoms with Gasteiger partial charge in [-0.15, -0.1) is 21.5 Å². The van der Waals surface area contributed by atoms with E-state index in [1.54, 1.807) is 5.51 Å². The lowest BCUT2D eigenvalue weighted by atomic mass is 10.1. The fraction of sp³-hybridized carbons (Fsp3) is 0.250. The molecule has 0 radical (unpaired) electrons. The van der Waals surface area contributed by atoms with E-state index in [0.29, 0.717) is 6.54 Å². The van der Waals surface area contributed by atoms with Crippen LogP contribution in [0.1, 0.15) is 16.6 Å². The van der Waals surface area contributed by atoms with Gasteiger partial charge >= 0.3 is 0 Å². The molecule has 2 N–H and O–H groups in total. The third-order valence-electron chi connectivity index (χ3n) is 2.66. The predicted octanol–water partition coefficient (Wildman–Crippen LogP) is 1.96. The van der Waals surface area contributed by atoms with Gasteiger partial charge in [0, 0.05) is 4.47 Å². The van der Waals surface area contributed by atoms with Gasteiger partial charge in [-0.3, -0.25) is 9.69 Å². The van der Waals surface area contributed by atoms with Crippen molar-refractivity contribution in [1.82, 2.24) is 15.1 Å². The molecular weight excluding hydrogens is 328 g/mol. The molecule has 1 aromatic carbocycles. The van der Waals surface area contributed by atoms with Gasteiger partial charge in [-0.2, -0.15) is 0 Å². The first-order valence-electron chi connectivity index (χ1n) is 5.58. The summed E-state index contributed by atoms with van der Waals surface area (Å²) in [7, 11) is 1.84. The second kappa shape index (κ2) is 6.23. The molecule has 0 bridgehead atoms.